The molecule has 0 atom stereocenters. The second-order valence-corrected chi connectivity index (χ2v) is 6.08. The average Bonchev–Trinajstić information content (AvgIpc) is 2.98. The number of benzene rings is 1. The molecule has 0 unspecified atom stereocenters. The minimum absolute atomic E-state index is 0.467. The van der Waals surface area contributed by atoms with E-state index < -0.39 is 0 Å². The van der Waals surface area contributed by atoms with Gasteiger partial charge in [0.2, 0.25) is 0 Å². The van der Waals surface area contributed by atoms with E-state index in [4.69, 9.17) is 11.6 Å². The van der Waals surface area contributed by atoms with Gasteiger partial charge in [0.25, 0.3) is 0 Å². The number of para-hydroxylation sites is 1. The smallest absolute Gasteiger partial charge is 0.0726 e. The van der Waals surface area contributed by atoms with Crippen LogP contribution in [-0.4, -0.2) is 18.6 Å². The van der Waals surface area contributed by atoms with Crippen molar-refractivity contribution in [2.45, 2.75) is 31.6 Å². The van der Waals surface area contributed by atoms with Gasteiger partial charge in [-0.25, -0.2) is 0 Å². The number of hydrogen-bond acceptors (Lipinski definition) is 2. The molecule has 1 aliphatic carbocycles. The van der Waals surface area contributed by atoms with Crippen LogP contribution in [0.3, 0.4) is 0 Å². The highest BCUT2D eigenvalue weighted by atomic mass is 35.5. The summed E-state index contributed by atoms with van der Waals surface area (Å²) in [4.78, 5) is 6.99. The van der Waals surface area contributed by atoms with Crippen molar-refractivity contribution in [3.63, 3.8) is 0 Å². The predicted octanol–water partition coefficient (Wildman–Crippen LogP) is 4.60. The van der Waals surface area contributed by atoms with Gasteiger partial charge in [0, 0.05) is 24.7 Å². The maximum atomic E-state index is 5.99. The number of fused-ring (bicyclic) bond motifs is 1. The lowest BCUT2D eigenvalue weighted by Gasteiger charge is -2.25. The molecule has 2 aromatic rings. The third-order valence-corrected chi connectivity index (χ3v) is 4.58. The lowest BCUT2D eigenvalue weighted by Crippen LogP contribution is -2.24. The largest absolute Gasteiger partial charge is 0.374 e. The zero-order valence-corrected chi connectivity index (χ0v) is 12.7. The normalized spacial score (nSPS) is 15.9. The number of anilines is 1. The monoisotopic (exact) mass is 288 g/mol. The predicted molar refractivity (Wildman–Crippen MR) is 86.5 cm³/mol. The Morgan fingerprint density at radius 2 is 2.00 bits per heavy atom. The van der Waals surface area contributed by atoms with Crippen LogP contribution in [0.5, 0.6) is 0 Å². The van der Waals surface area contributed by atoms with Crippen LogP contribution in [0.2, 0.25) is 0 Å². The fraction of sp³-hybridized carbons (Fsp3) is 0.471. The standard InChI is InChI=1S/C17H21ClN2/c1-20(12-13-6-2-3-7-13)17-10-14(11-18)19-16-9-5-4-8-15(16)17/h4-5,8-10,13H,2-3,6-7,11-12H2,1H3. The van der Waals surface area contributed by atoms with E-state index in [0.29, 0.717) is 5.88 Å². The van der Waals surface area contributed by atoms with E-state index in [1.165, 1.54) is 36.8 Å². The topological polar surface area (TPSA) is 16.1 Å². The fourth-order valence-corrected chi connectivity index (χ4v) is 3.41. The molecular weight excluding hydrogens is 268 g/mol. The van der Waals surface area contributed by atoms with Crippen molar-refractivity contribution in [3.05, 3.63) is 36.0 Å². The van der Waals surface area contributed by atoms with E-state index in [1.807, 2.05) is 6.07 Å². The van der Waals surface area contributed by atoms with E-state index >= 15 is 0 Å². The first-order chi connectivity index (χ1) is 9.78. The third kappa shape index (κ3) is 2.76. The van der Waals surface area contributed by atoms with Gasteiger partial charge in [-0.1, -0.05) is 31.0 Å². The molecule has 1 aliphatic rings. The molecule has 3 rings (SSSR count). The van der Waals surface area contributed by atoms with Crippen molar-refractivity contribution in [2.24, 2.45) is 5.92 Å². The van der Waals surface area contributed by atoms with Crippen LogP contribution < -0.4 is 4.90 Å². The van der Waals surface area contributed by atoms with Crippen LogP contribution in [0.15, 0.2) is 30.3 Å². The van der Waals surface area contributed by atoms with E-state index in [1.54, 1.807) is 0 Å². The highest BCUT2D eigenvalue weighted by molar-refractivity contribution is 6.17. The van der Waals surface area contributed by atoms with E-state index in [2.05, 4.69) is 41.2 Å². The maximum Gasteiger partial charge on any atom is 0.0726 e. The van der Waals surface area contributed by atoms with Crippen LogP contribution in [-0.2, 0) is 5.88 Å². The molecule has 1 fully saturated rings. The Morgan fingerprint density at radius 1 is 1.25 bits per heavy atom. The Morgan fingerprint density at radius 3 is 2.75 bits per heavy atom. The summed E-state index contributed by atoms with van der Waals surface area (Å²) >= 11 is 5.99. The summed E-state index contributed by atoms with van der Waals surface area (Å²) in [5, 5.41) is 1.22. The van der Waals surface area contributed by atoms with Crippen molar-refractivity contribution in [1.29, 1.82) is 0 Å². The molecule has 0 aliphatic heterocycles. The van der Waals surface area contributed by atoms with Crippen molar-refractivity contribution in [2.75, 3.05) is 18.5 Å². The van der Waals surface area contributed by atoms with Gasteiger partial charge in [0.1, 0.15) is 0 Å². The Hall–Kier alpha value is -1.28. The molecule has 0 spiro atoms. The van der Waals surface area contributed by atoms with Crippen LogP contribution >= 0.6 is 11.6 Å². The summed E-state index contributed by atoms with van der Waals surface area (Å²) in [6.07, 6.45) is 5.52. The first kappa shape index (κ1) is 13.7. The van der Waals surface area contributed by atoms with Gasteiger partial charge in [-0.3, -0.25) is 4.98 Å². The molecule has 0 saturated heterocycles. The highest BCUT2D eigenvalue weighted by Crippen LogP contribution is 2.30. The van der Waals surface area contributed by atoms with Crippen LogP contribution in [0.1, 0.15) is 31.4 Å². The Labute approximate surface area is 125 Å². The van der Waals surface area contributed by atoms with Gasteiger partial charge >= 0.3 is 0 Å². The number of hydrogen-bond donors (Lipinski definition) is 0. The van der Waals surface area contributed by atoms with E-state index in [-0.39, 0.29) is 0 Å². The summed E-state index contributed by atoms with van der Waals surface area (Å²) in [5.74, 6) is 1.31. The molecule has 20 heavy (non-hydrogen) atoms. The molecule has 1 heterocycles. The number of aromatic nitrogens is 1. The Bertz CT molecular complexity index is 591. The van der Waals surface area contributed by atoms with Gasteiger partial charge < -0.3 is 4.90 Å². The summed E-state index contributed by atoms with van der Waals surface area (Å²) in [6, 6.07) is 10.5. The number of nitrogens with zero attached hydrogens (tertiary/aromatic N) is 2. The minimum Gasteiger partial charge on any atom is -0.374 e. The highest BCUT2D eigenvalue weighted by Gasteiger charge is 2.18. The SMILES string of the molecule is CN(CC1CCCC1)c1cc(CCl)nc2ccccc12. The van der Waals surface area contributed by atoms with Gasteiger partial charge in [-0.05, 0) is 30.9 Å². The van der Waals surface area contributed by atoms with Crippen molar-refractivity contribution in [3.8, 4) is 0 Å². The lowest BCUT2D eigenvalue weighted by molar-refractivity contribution is 0.547. The summed E-state index contributed by atoms with van der Waals surface area (Å²) in [5.41, 5.74) is 3.26. The van der Waals surface area contributed by atoms with Gasteiger partial charge in [-0.15, -0.1) is 11.6 Å². The van der Waals surface area contributed by atoms with Gasteiger partial charge in [-0.2, -0.15) is 0 Å². The number of alkyl halides is 1. The molecule has 1 aromatic carbocycles. The molecule has 106 valence electrons. The van der Waals surface area contributed by atoms with Crippen molar-refractivity contribution < 1.29 is 0 Å². The first-order valence-electron chi connectivity index (χ1n) is 7.43. The van der Waals surface area contributed by atoms with Crippen LogP contribution in [0, 0.1) is 5.92 Å². The molecule has 0 N–H and O–H groups in total. The number of rotatable bonds is 4. The lowest BCUT2D eigenvalue weighted by atomic mass is 10.1. The molecule has 0 radical (unpaired) electrons. The first-order valence-corrected chi connectivity index (χ1v) is 7.97. The van der Waals surface area contributed by atoms with Crippen molar-refractivity contribution in [1.82, 2.24) is 4.98 Å². The van der Waals surface area contributed by atoms with Gasteiger partial charge in [0.15, 0.2) is 0 Å². The summed E-state index contributed by atoms with van der Waals surface area (Å²) < 4.78 is 0. The molecule has 0 bridgehead atoms. The third-order valence-electron chi connectivity index (χ3n) is 4.30. The van der Waals surface area contributed by atoms with E-state index in [9.17, 15) is 0 Å². The quantitative estimate of drug-likeness (QED) is 0.764. The van der Waals surface area contributed by atoms with Crippen molar-refractivity contribution >= 4 is 28.2 Å². The van der Waals surface area contributed by atoms with E-state index in [0.717, 1.165) is 23.7 Å². The molecule has 3 heteroatoms. The van der Waals surface area contributed by atoms with Gasteiger partial charge in [0.05, 0.1) is 17.1 Å². The zero-order chi connectivity index (χ0) is 13.9. The minimum atomic E-state index is 0.467. The second-order valence-electron chi connectivity index (χ2n) is 5.81. The zero-order valence-electron chi connectivity index (χ0n) is 12.0. The van der Waals surface area contributed by atoms with Crippen LogP contribution in [0.4, 0.5) is 5.69 Å². The number of pyridine rings is 1. The Kier molecular flexibility index (Phi) is 4.11. The Balaban J connectivity index is 1.95. The fourth-order valence-electron chi connectivity index (χ4n) is 3.27. The second kappa shape index (κ2) is 6.01. The molecule has 2 nitrogen and oxygen atoms in total. The average molecular weight is 289 g/mol. The number of halogens is 1. The molecular formula is C17H21ClN2. The van der Waals surface area contributed by atoms with Crippen LogP contribution in [0.25, 0.3) is 10.9 Å². The molecule has 1 saturated carbocycles. The molecule has 0 amide bonds. The molecule has 1 aromatic heterocycles. The maximum absolute atomic E-state index is 5.99. The summed E-state index contributed by atoms with van der Waals surface area (Å²) in [6.45, 7) is 1.13. The summed E-state index contributed by atoms with van der Waals surface area (Å²) in [7, 11) is 2.19.